The van der Waals surface area contributed by atoms with Gasteiger partial charge in [0.25, 0.3) is 0 Å². The molecule has 3 aromatic rings. The predicted octanol–water partition coefficient (Wildman–Crippen LogP) is 3.64. The highest BCUT2D eigenvalue weighted by molar-refractivity contribution is 6.36. The van der Waals surface area contributed by atoms with Crippen molar-refractivity contribution >= 4 is 23.2 Å². The fourth-order valence-electron chi connectivity index (χ4n) is 1.80. The van der Waals surface area contributed by atoms with E-state index in [4.69, 9.17) is 23.2 Å². The molecule has 0 radical (unpaired) electrons. The molecule has 3 rings (SSSR count). The molecule has 94 valence electrons. The molecular formula is C13H8Cl2N4. The van der Waals surface area contributed by atoms with E-state index in [0.29, 0.717) is 10.0 Å². The molecule has 0 saturated carbocycles. The number of benzene rings is 1. The summed E-state index contributed by atoms with van der Waals surface area (Å²) in [7, 11) is 0. The van der Waals surface area contributed by atoms with Gasteiger partial charge in [0.2, 0.25) is 0 Å². The molecule has 0 unspecified atom stereocenters. The molecular weight excluding hydrogens is 283 g/mol. The standard InChI is InChI=1S/C13H8Cl2N4/c14-9-1-2-10(11(15)5-9)13-12(6-17-7-18-13)19-4-3-16-8-19/h1-8H. The molecule has 0 aliphatic heterocycles. The minimum absolute atomic E-state index is 0.549. The van der Waals surface area contributed by atoms with Gasteiger partial charge in [-0.25, -0.2) is 15.0 Å². The Morgan fingerprint density at radius 2 is 2.00 bits per heavy atom. The van der Waals surface area contributed by atoms with E-state index in [1.165, 1.54) is 6.33 Å². The van der Waals surface area contributed by atoms with Crippen LogP contribution in [-0.4, -0.2) is 19.5 Å². The van der Waals surface area contributed by atoms with Gasteiger partial charge in [-0.15, -0.1) is 0 Å². The van der Waals surface area contributed by atoms with Gasteiger partial charge in [0.15, 0.2) is 0 Å². The molecule has 0 N–H and O–H groups in total. The van der Waals surface area contributed by atoms with Crippen LogP contribution in [0.3, 0.4) is 0 Å². The van der Waals surface area contributed by atoms with Crippen LogP contribution in [0.4, 0.5) is 0 Å². The molecule has 19 heavy (non-hydrogen) atoms. The Morgan fingerprint density at radius 3 is 2.74 bits per heavy atom. The second-order valence-corrected chi connectivity index (χ2v) is 4.69. The summed E-state index contributed by atoms with van der Waals surface area (Å²) < 4.78 is 1.83. The van der Waals surface area contributed by atoms with Crippen molar-refractivity contribution in [2.24, 2.45) is 0 Å². The average Bonchev–Trinajstić information content (AvgIpc) is 2.93. The van der Waals surface area contributed by atoms with Gasteiger partial charge in [-0.3, -0.25) is 0 Å². The van der Waals surface area contributed by atoms with Crippen LogP contribution in [0.25, 0.3) is 16.9 Å². The highest BCUT2D eigenvalue weighted by Crippen LogP contribution is 2.32. The number of hydrogen-bond acceptors (Lipinski definition) is 3. The second kappa shape index (κ2) is 4.99. The van der Waals surface area contributed by atoms with Gasteiger partial charge in [-0.1, -0.05) is 23.2 Å². The molecule has 0 amide bonds. The Hall–Kier alpha value is -1.91. The van der Waals surface area contributed by atoms with Gasteiger partial charge < -0.3 is 4.57 Å². The molecule has 0 atom stereocenters. The fraction of sp³-hybridized carbons (Fsp3) is 0. The summed E-state index contributed by atoms with van der Waals surface area (Å²) in [6.07, 6.45) is 8.41. The Morgan fingerprint density at radius 1 is 1.11 bits per heavy atom. The summed E-state index contributed by atoms with van der Waals surface area (Å²) in [5, 5.41) is 1.14. The molecule has 0 aliphatic rings. The Balaban J connectivity index is 2.21. The van der Waals surface area contributed by atoms with Crippen LogP contribution in [-0.2, 0) is 0 Å². The first-order valence-electron chi connectivity index (χ1n) is 5.49. The zero-order valence-electron chi connectivity index (χ0n) is 9.66. The van der Waals surface area contributed by atoms with Gasteiger partial charge in [0.05, 0.1) is 28.9 Å². The van der Waals surface area contributed by atoms with E-state index >= 15 is 0 Å². The van der Waals surface area contributed by atoms with Crippen LogP contribution in [0.2, 0.25) is 10.0 Å². The largest absolute Gasteiger partial charge is 0.303 e. The van der Waals surface area contributed by atoms with Gasteiger partial charge in [0.1, 0.15) is 6.33 Å². The van der Waals surface area contributed by atoms with Crippen molar-refractivity contribution in [1.82, 2.24) is 19.5 Å². The number of imidazole rings is 1. The van der Waals surface area contributed by atoms with Crippen molar-refractivity contribution in [2.45, 2.75) is 0 Å². The maximum Gasteiger partial charge on any atom is 0.116 e. The summed E-state index contributed by atoms with van der Waals surface area (Å²) in [6, 6.07) is 5.31. The van der Waals surface area contributed by atoms with E-state index in [0.717, 1.165) is 16.9 Å². The normalized spacial score (nSPS) is 10.6. The summed E-state index contributed by atoms with van der Waals surface area (Å²) in [4.78, 5) is 12.4. The lowest BCUT2D eigenvalue weighted by molar-refractivity contribution is 1.01. The van der Waals surface area contributed by atoms with Gasteiger partial charge in [0, 0.05) is 23.0 Å². The first-order chi connectivity index (χ1) is 9.25. The van der Waals surface area contributed by atoms with Gasteiger partial charge >= 0.3 is 0 Å². The lowest BCUT2D eigenvalue weighted by Gasteiger charge is -2.10. The Kier molecular flexibility index (Phi) is 3.19. The third kappa shape index (κ3) is 2.32. The van der Waals surface area contributed by atoms with Gasteiger partial charge in [-0.05, 0) is 18.2 Å². The molecule has 0 saturated heterocycles. The number of halogens is 2. The van der Waals surface area contributed by atoms with Crippen molar-refractivity contribution in [3.05, 3.63) is 59.5 Å². The molecule has 2 heterocycles. The van der Waals surface area contributed by atoms with Crippen LogP contribution in [0, 0.1) is 0 Å². The minimum Gasteiger partial charge on any atom is -0.303 e. The Labute approximate surface area is 119 Å². The predicted molar refractivity (Wildman–Crippen MR) is 74.6 cm³/mol. The molecule has 1 aromatic carbocycles. The first kappa shape index (κ1) is 12.1. The lowest BCUT2D eigenvalue weighted by Crippen LogP contribution is -1.98. The number of aromatic nitrogens is 4. The number of hydrogen-bond donors (Lipinski definition) is 0. The SMILES string of the molecule is Clc1ccc(-c2ncncc2-n2ccnc2)c(Cl)c1. The zero-order valence-corrected chi connectivity index (χ0v) is 11.2. The summed E-state index contributed by atoms with van der Waals surface area (Å²) in [6.45, 7) is 0. The maximum absolute atomic E-state index is 6.23. The van der Waals surface area contributed by atoms with Crippen LogP contribution in [0.5, 0.6) is 0 Å². The molecule has 6 heteroatoms. The minimum atomic E-state index is 0.549. The summed E-state index contributed by atoms with van der Waals surface area (Å²) >= 11 is 12.1. The topological polar surface area (TPSA) is 43.6 Å². The smallest absolute Gasteiger partial charge is 0.116 e. The van der Waals surface area contributed by atoms with E-state index in [-0.39, 0.29) is 0 Å². The van der Waals surface area contributed by atoms with Crippen LogP contribution >= 0.6 is 23.2 Å². The van der Waals surface area contributed by atoms with Gasteiger partial charge in [-0.2, -0.15) is 0 Å². The zero-order chi connectivity index (χ0) is 13.2. The van der Waals surface area contributed by atoms with E-state index in [1.807, 2.05) is 16.8 Å². The quantitative estimate of drug-likeness (QED) is 0.724. The highest BCUT2D eigenvalue weighted by Gasteiger charge is 2.12. The molecule has 0 bridgehead atoms. The third-order valence-corrected chi connectivity index (χ3v) is 3.21. The average molecular weight is 291 g/mol. The summed E-state index contributed by atoms with van der Waals surface area (Å²) in [5.41, 5.74) is 2.34. The first-order valence-corrected chi connectivity index (χ1v) is 6.25. The lowest BCUT2D eigenvalue weighted by atomic mass is 10.1. The molecule has 2 aromatic heterocycles. The van der Waals surface area contributed by atoms with Crippen molar-refractivity contribution in [1.29, 1.82) is 0 Å². The molecule has 0 aliphatic carbocycles. The maximum atomic E-state index is 6.23. The fourth-order valence-corrected chi connectivity index (χ4v) is 2.30. The van der Waals surface area contributed by atoms with Crippen molar-refractivity contribution in [3.63, 3.8) is 0 Å². The van der Waals surface area contributed by atoms with E-state index in [9.17, 15) is 0 Å². The monoisotopic (exact) mass is 290 g/mol. The second-order valence-electron chi connectivity index (χ2n) is 3.85. The molecule has 0 spiro atoms. The van der Waals surface area contributed by atoms with E-state index in [2.05, 4.69) is 15.0 Å². The van der Waals surface area contributed by atoms with Crippen molar-refractivity contribution in [3.8, 4) is 16.9 Å². The molecule has 4 nitrogen and oxygen atoms in total. The van der Waals surface area contributed by atoms with E-state index in [1.54, 1.807) is 30.9 Å². The van der Waals surface area contributed by atoms with E-state index < -0.39 is 0 Å². The van der Waals surface area contributed by atoms with Crippen LogP contribution < -0.4 is 0 Å². The highest BCUT2D eigenvalue weighted by atomic mass is 35.5. The third-order valence-electron chi connectivity index (χ3n) is 2.66. The number of rotatable bonds is 2. The van der Waals surface area contributed by atoms with Crippen molar-refractivity contribution < 1.29 is 0 Å². The summed E-state index contributed by atoms with van der Waals surface area (Å²) in [5.74, 6) is 0. The molecule has 0 fully saturated rings. The van der Waals surface area contributed by atoms with Crippen LogP contribution in [0.15, 0.2) is 49.4 Å². The number of nitrogens with zero attached hydrogens (tertiary/aromatic N) is 4. The van der Waals surface area contributed by atoms with Crippen molar-refractivity contribution in [2.75, 3.05) is 0 Å². The van der Waals surface area contributed by atoms with Crippen LogP contribution in [0.1, 0.15) is 0 Å². The Bertz CT molecular complexity index is 710.